The Labute approximate surface area is 324 Å². The highest BCUT2D eigenvalue weighted by Gasteiger charge is 2.22. The fourth-order valence-electron chi connectivity index (χ4n) is 8.32. The van der Waals surface area contributed by atoms with Crippen molar-refractivity contribution in [3.05, 3.63) is 206 Å². The van der Waals surface area contributed by atoms with Crippen molar-refractivity contribution in [1.29, 1.82) is 0 Å². The maximum atomic E-state index is 5.35. The van der Waals surface area contributed by atoms with Crippen LogP contribution in [0.1, 0.15) is 0 Å². The van der Waals surface area contributed by atoms with Gasteiger partial charge >= 0.3 is 0 Å². The van der Waals surface area contributed by atoms with Crippen LogP contribution in [-0.2, 0) is 0 Å². The first-order chi connectivity index (χ1) is 27.8. The molecule has 0 radical (unpaired) electrons. The van der Waals surface area contributed by atoms with E-state index in [9.17, 15) is 0 Å². The molecule has 0 aliphatic carbocycles. The Kier molecular flexibility index (Phi) is 7.46. The second-order valence-corrected chi connectivity index (χ2v) is 14.2. The van der Waals surface area contributed by atoms with Crippen LogP contribution in [-0.4, -0.2) is 19.1 Å². The summed E-state index contributed by atoms with van der Waals surface area (Å²) in [6.07, 6.45) is 0. The fourth-order valence-corrected chi connectivity index (χ4v) is 8.32. The Morgan fingerprint density at radius 1 is 0.304 bits per heavy atom. The van der Waals surface area contributed by atoms with Crippen LogP contribution < -0.4 is 0 Å². The molecule has 3 aromatic heterocycles. The number of fused-ring (bicyclic) bond motifs is 7. The summed E-state index contributed by atoms with van der Waals surface area (Å²) in [7, 11) is 0. The molecule has 0 saturated carbocycles. The van der Waals surface area contributed by atoms with Crippen LogP contribution in [0.3, 0.4) is 0 Å². The standard InChI is InChI=1S/C52H34N4/c1-4-14-35(15-5-1)36-24-26-37(27-25-36)38-28-30-41(31-29-38)55-47-22-12-10-20-42(47)44-32-33-45-43-21-11-13-23-48(43)56(51(45)50(44)55)49-34-46(39-16-6-2-7-17-39)53-52(54-49)40-18-8-3-9-19-40/h1-34H. The van der Waals surface area contributed by atoms with Gasteiger partial charge in [0.15, 0.2) is 5.82 Å². The Bertz CT molecular complexity index is 3140. The summed E-state index contributed by atoms with van der Waals surface area (Å²) in [5.41, 5.74) is 13.3. The molecule has 0 saturated heterocycles. The first-order valence-electron chi connectivity index (χ1n) is 19.0. The highest BCUT2D eigenvalue weighted by Crippen LogP contribution is 2.42. The van der Waals surface area contributed by atoms with Gasteiger partial charge in [-0.3, -0.25) is 4.57 Å². The van der Waals surface area contributed by atoms with Crippen molar-refractivity contribution in [2.75, 3.05) is 0 Å². The summed E-state index contributed by atoms with van der Waals surface area (Å²) in [6, 6.07) is 73.2. The first kappa shape index (κ1) is 31.9. The lowest BCUT2D eigenvalue weighted by Gasteiger charge is -2.14. The number of para-hydroxylation sites is 2. The summed E-state index contributed by atoms with van der Waals surface area (Å²) in [6.45, 7) is 0. The molecule has 4 heteroatoms. The van der Waals surface area contributed by atoms with E-state index >= 15 is 0 Å². The van der Waals surface area contributed by atoms with E-state index in [1.54, 1.807) is 0 Å². The SMILES string of the molecule is c1ccc(-c2ccc(-c3ccc(-n4c5ccccc5c5ccc6c7ccccc7n(-c7cc(-c8ccccc8)nc(-c8ccccc8)n7)c6c54)cc3)cc2)cc1. The molecule has 0 fully saturated rings. The van der Waals surface area contributed by atoms with Gasteiger partial charge in [-0.2, -0.15) is 0 Å². The number of benzene rings is 8. The number of aromatic nitrogens is 4. The van der Waals surface area contributed by atoms with Gasteiger partial charge in [-0.1, -0.05) is 176 Å². The Hall–Kier alpha value is -7.56. The minimum Gasteiger partial charge on any atom is -0.307 e. The van der Waals surface area contributed by atoms with Crippen molar-refractivity contribution in [1.82, 2.24) is 19.1 Å². The average Bonchev–Trinajstić information content (AvgIpc) is 3.80. The van der Waals surface area contributed by atoms with E-state index in [1.165, 1.54) is 43.8 Å². The van der Waals surface area contributed by atoms with E-state index in [1.807, 2.05) is 24.3 Å². The summed E-state index contributed by atoms with van der Waals surface area (Å²) < 4.78 is 4.79. The Morgan fingerprint density at radius 2 is 0.732 bits per heavy atom. The zero-order chi connectivity index (χ0) is 37.0. The zero-order valence-corrected chi connectivity index (χ0v) is 30.4. The number of hydrogen-bond donors (Lipinski definition) is 0. The molecule has 56 heavy (non-hydrogen) atoms. The molecule has 0 N–H and O–H groups in total. The van der Waals surface area contributed by atoms with Crippen LogP contribution >= 0.6 is 0 Å². The second kappa shape index (κ2) is 13.1. The predicted molar refractivity (Wildman–Crippen MR) is 232 cm³/mol. The van der Waals surface area contributed by atoms with E-state index in [4.69, 9.17) is 9.97 Å². The molecular weight excluding hydrogens is 681 g/mol. The maximum Gasteiger partial charge on any atom is 0.162 e. The van der Waals surface area contributed by atoms with Crippen molar-refractivity contribution >= 4 is 43.6 Å². The predicted octanol–water partition coefficient (Wildman–Crippen LogP) is 13.3. The van der Waals surface area contributed by atoms with Crippen molar-refractivity contribution in [3.8, 4) is 56.4 Å². The topological polar surface area (TPSA) is 35.6 Å². The quantitative estimate of drug-likeness (QED) is 0.172. The summed E-state index contributed by atoms with van der Waals surface area (Å²) in [5.74, 6) is 1.51. The largest absolute Gasteiger partial charge is 0.307 e. The molecule has 3 heterocycles. The molecule has 0 aliphatic rings. The lowest BCUT2D eigenvalue weighted by atomic mass is 10.0. The number of hydrogen-bond acceptors (Lipinski definition) is 2. The fraction of sp³-hybridized carbons (Fsp3) is 0. The summed E-state index contributed by atoms with van der Waals surface area (Å²) in [5, 5.41) is 4.75. The molecule has 0 unspecified atom stereocenters. The van der Waals surface area contributed by atoms with Crippen LogP contribution in [0, 0.1) is 0 Å². The van der Waals surface area contributed by atoms with Crippen molar-refractivity contribution in [2.24, 2.45) is 0 Å². The maximum absolute atomic E-state index is 5.35. The number of rotatable bonds is 6. The third kappa shape index (κ3) is 5.23. The summed E-state index contributed by atoms with van der Waals surface area (Å²) in [4.78, 5) is 10.5. The van der Waals surface area contributed by atoms with Gasteiger partial charge in [-0.25, -0.2) is 9.97 Å². The van der Waals surface area contributed by atoms with Gasteiger partial charge < -0.3 is 4.57 Å². The van der Waals surface area contributed by atoms with Crippen LogP contribution in [0.5, 0.6) is 0 Å². The van der Waals surface area contributed by atoms with Crippen LogP contribution in [0.4, 0.5) is 0 Å². The molecule has 262 valence electrons. The smallest absolute Gasteiger partial charge is 0.162 e. The first-order valence-corrected chi connectivity index (χ1v) is 19.0. The van der Waals surface area contributed by atoms with Gasteiger partial charge in [0.2, 0.25) is 0 Å². The lowest BCUT2D eigenvalue weighted by Crippen LogP contribution is -2.04. The van der Waals surface area contributed by atoms with Gasteiger partial charge in [0, 0.05) is 44.4 Å². The normalized spacial score (nSPS) is 11.6. The molecule has 0 spiro atoms. The molecule has 8 aromatic carbocycles. The molecule has 0 aliphatic heterocycles. The minimum absolute atomic E-state index is 0.688. The third-order valence-electron chi connectivity index (χ3n) is 11.0. The van der Waals surface area contributed by atoms with E-state index < -0.39 is 0 Å². The van der Waals surface area contributed by atoms with Crippen LogP contribution in [0.2, 0.25) is 0 Å². The van der Waals surface area contributed by atoms with E-state index in [0.717, 1.165) is 50.4 Å². The zero-order valence-electron chi connectivity index (χ0n) is 30.4. The van der Waals surface area contributed by atoms with Crippen LogP contribution in [0.25, 0.3) is 100 Å². The Morgan fingerprint density at radius 3 is 1.30 bits per heavy atom. The molecule has 0 bridgehead atoms. The van der Waals surface area contributed by atoms with Gasteiger partial charge in [0.1, 0.15) is 5.82 Å². The van der Waals surface area contributed by atoms with Gasteiger partial charge in [-0.05, 0) is 46.5 Å². The van der Waals surface area contributed by atoms with E-state index in [0.29, 0.717) is 5.82 Å². The molecular formula is C52H34N4. The van der Waals surface area contributed by atoms with Crippen molar-refractivity contribution in [3.63, 3.8) is 0 Å². The van der Waals surface area contributed by atoms with Crippen LogP contribution in [0.15, 0.2) is 206 Å². The minimum atomic E-state index is 0.688. The summed E-state index contributed by atoms with van der Waals surface area (Å²) >= 11 is 0. The average molecular weight is 715 g/mol. The second-order valence-electron chi connectivity index (χ2n) is 14.2. The number of nitrogens with zero attached hydrogens (tertiary/aromatic N) is 4. The Balaban J connectivity index is 1.16. The molecule has 11 rings (SSSR count). The van der Waals surface area contributed by atoms with Gasteiger partial charge in [0.25, 0.3) is 0 Å². The molecule has 11 aromatic rings. The van der Waals surface area contributed by atoms with Crippen molar-refractivity contribution < 1.29 is 0 Å². The van der Waals surface area contributed by atoms with Gasteiger partial charge in [0.05, 0.1) is 27.8 Å². The monoisotopic (exact) mass is 714 g/mol. The molecule has 0 atom stereocenters. The molecule has 0 amide bonds. The van der Waals surface area contributed by atoms with Crippen molar-refractivity contribution in [2.45, 2.75) is 0 Å². The lowest BCUT2D eigenvalue weighted by molar-refractivity contribution is 1.05. The van der Waals surface area contributed by atoms with E-state index in [2.05, 4.69) is 191 Å². The molecule has 4 nitrogen and oxygen atoms in total. The van der Waals surface area contributed by atoms with Gasteiger partial charge in [-0.15, -0.1) is 0 Å². The third-order valence-corrected chi connectivity index (χ3v) is 11.0. The highest BCUT2D eigenvalue weighted by atomic mass is 15.1. The highest BCUT2D eigenvalue weighted by molar-refractivity contribution is 6.23. The van der Waals surface area contributed by atoms with E-state index in [-0.39, 0.29) is 0 Å².